The van der Waals surface area contributed by atoms with Crippen molar-refractivity contribution in [2.24, 2.45) is 0 Å². The molecule has 0 aliphatic heterocycles. The summed E-state index contributed by atoms with van der Waals surface area (Å²) in [7, 11) is 0. The van der Waals surface area contributed by atoms with Gasteiger partial charge < -0.3 is 9.67 Å². The number of carbonyl (C=O) groups is 1. The van der Waals surface area contributed by atoms with Crippen LogP contribution in [0.1, 0.15) is 30.0 Å². The summed E-state index contributed by atoms with van der Waals surface area (Å²) in [5.74, 6) is -0.774. The Hall–Kier alpha value is -1.77. The standard InChI is InChI=1S/C15H19NO2/c1-4-5-16-9-12(8-15(17)18)13-6-10(2)11(3)7-14(13)16/h6-7,9H,4-5,8H2,1-3H3,(H,17,18). The van der Waals surface area contributed by atoms with E-state index in [2.05, 4.69) is 37.5 Å². The number of benzene rings is 1. The van der Waals surface area contributed by atoms with Crippen LogP contribution in [-0.2, 0) is 17.8 Å². The van der Waals surface area contributed by atoms with E-state index >= 15 is 0 Å². The minimum atomic E-state index is -0.774. The summed E-state index contributed by atoms with van der Waals surface area (Å²) in [5.41, 5.74) is 4.52. The topological polar surface area (TPSA) is 42.2 Å². The number of hydrogen-bond acceptors (Lipinski definition) is 1. The molecule has 2 aromatic rings. The van der Waals surface area contributed by atoms with Gasteiger partial charge in [-0.1, -0.05) is 6.92 Å². The maximum atomic E-state index is 10.9. The van der Waals surface area contributed by atoms with E-state index in [4.69, 9.17) is 5.11 Å². The van der Waals surface area contributed by atoms with E-state index in [1.807, 2.05) is 6.20 Å². The lowest BCUT2D eigenvalue weighted by atomic mass is 10.0. The first-order chi connectivity index (χ1) is 8.52. The second-order valence-corrected chi connectivity index (χ2v) is 4.87. The van der Waals surface area contributed by atoms with Gasteiger partial charge in [-0.25, -0.2) is 0 Å². The number of hydrogen-bond donors (Lipinski definition) is 1. The van der Waals surface area contributed by atoms with Crippen LogP contribution in [0, 0.1) is 13.8 Å². The molecule has 96 valence electrons. The quantitative estimate of drug-likeness (QED) is 0.898. The van der Waals surface area contributed by atoms with Crippen molar-refractivity contribution in [1.29, 1.82) is 0 Å². The van der Waals surface area contributed by atoms with Crippen molar-refractivity contribution in [2.75, 3.05) is 0 Å². The summed E-state index contributed by atoms with van der Waals surface area (Å²) in [6.45, 7) is 7.22. The monoisotopic (exact) mass is 245 g/mol. The van der Waals surface area contributed by atoms with Crippen LogP contribution in [-0.4, -0.2) is 15.6 Å². The minimum Gasteiger partial charge on any atom is -0.481 e. The lowest BCUT2D eigenvalue weighted by molar-refractivity contribution is -0.136. The number of carboxylic acid groups (broad SMARTS) is 1. The Morgan fingerprint density at radius 1 is 1.28 bits per heavy atom. The molecule has 1 aromatic heterocycles. The van der Waals surface area contributed by atoms with E-state index in [0.29, 0.717) is 0 Å². The average Bonchev–Trinajstić information content (AvgIpc) is 2.58. The van der Waals surface area contributed by atoms with Gasteiger partial charge in [0.1, 0.15) is 0 Å². The van der Waals surface area contributed by atoms with Crippen LogP contribution in [0.3, 0.4) is 0 Å². The predicted octanol–water partition coefficient (Wildman–Crippen LogP) is 3.30. The second-order valence-electron chi connectivity index (χ2n) is 4.87. The molecule has 0 bridgehead atoms. The third-order valence-electron chi connectivity index (χ3n) is 3.39. The molecule has 3 heteroatoms. The molecule has 1 heterocycles. The fourth-order valence-electron chi connectivity index (χ4n) is 2.35. The molecule has 0 amide bonds. The van der Waals surface area contributed by atoms with Gasteiger partial charge in [0.05, 0.1) is 6.42 Å². The first-order valence-electron chi connectivity index (χ1n) is 6.33. The highest BCUT2D eigenvalue weighted by Gasteiger charge is 2.12. The molecule has 0 saturated carbocycles. The number of aryl methyl sites for hydroxylation is 3. The largest absolute Gasteiger partial charge is 0.481 e. The Balaban J connectivity index is 2.64. The highest BCUT2D eigenvalue weighted by atomic mass is 16.4. The Kier molecular flexibility index (Phi) is 3.41. The number of aliphatic carboxylic acids is 1. The van der Waals surface area contributed by atoms with Crippen LogP contribution in [0.25, 0.3) is 10.9 Å². The molecular weight excluding hydrogens is 226 g/mol. The zero-order valence-electron chi connectivity index (χ0n) is 11.2. The Morgan fingerprint density at radius 3 is 2.56 bits per heavy atom. The summed E-state index contributed by atoms with van der Waals surface area (Å²) in [6.07, 6.45) is 3.13. The highest BCUT2D eigenvalue weighted by Crippen LogP contribution is 2.25. The van der Waals surface area contributed by atoms with E-state index in [0.717, 1.165) is 29.4 Å². The zero-order valence-corrected chi connectivity index (χ0v) is 11.2. The molecule has 0 aliphatic carbocycles. The summed E-state index contributed by atoms with van der Waals surface area (Å²) in [5, 5.41) is 10.1. The van der Waals surface area contributed by atoms with Crippen molar-refractivity contribution in [2.45, 2.75) is 40.2 Å². The third-order valence-corrected chi connectivity index (χ3v) is 3.39. The van der Waals surface area contributed by atoms with Gasteiger partial charge in [-0.15, -0.1) is 0 Å². The molecule has 3 nitrogen and oxygen atoms in total. The molecule has 0 unspecified atom stereocenters. The maximum absolute atomic E-state index is 10.9. The van der Waals surface area contributed by atoms with Gasteiger partial charge in [0.25, 0.3) is 0 Å². The van der Waals surface area contributed by atoms with Crippen molar-refractivity contribution in [3.05, 3.63) is 35.0 Å². The first-order valence-corrected chi connectivity index (χ1v) is 6.33. The molecule has 0 fully saturated rings. The van der Waals surface area contributed by atoms with E-state index in [9.17, 15) is 4.79 Å². The van der Waals surface area contributed by atoms with Gasteiger partial charge in [-0.2, -0.15) is 0 Å². The molecular formula is C15H19NO2. The van der Waals surface area contributed by atoms with E-state index in [1.54, 1.807) is 0 Å². The maximum Gasteiger partial charge on any atom is 0.307 e. The van der Waals surface area contributed by atoms with E-state index in [1.165, 1.54) is 11.1 Å². The van der Waals surface area contributed by atoms with Gasteiger partial charge >= 0.3 is 5.97 Å². The molecule has 2 rings (SSSR count). The summed E-state index contributed by atoms with van der Waals surface area (Å²) >= 11 is 0. The summed E-state index contributed by atoms with van der Waals surface area (Å²) < 4.78 is 2.17. The molecule has 1 N–H and O–H groups in total. The van der Waals surface area contributed by atoms with Crippen LogP contribution >= 0.6 is 0 Å². The van der Waals surface area contributed by atoms with Crippen LogP contribution in [0.5, 0.6) is 0 Å². The molecule has 0 spiro atoms. The van der Waals surface area contributed by atoms with Gasteiger partial charge in [0, 0.05) is 23.6 Å². The van der Waals surface area contributed by atoms with Gasteiger partial charge in [-0.3, -0.25) is 4.79 Å². The van der Waals surface area contributed by atoms with Crippen LogP contribution in [0.15, 0.2) is 18.3 Å². The Bertz CT molecular complexity index is 596. The number of rotatable bonds is 4. The number of fused-ring (bicyclic) bond motifs is 1. The lowest BCUT2D eigenvalue weighted by Gasteiger charge is -2.05. The van der Waals surface area contributed by atoms with Crippen LogP contribution in [0.2, 0.25) is 0 Å². The third kappa shape index (κ3) is 2.26. The van der Waals surface area contributed by atoms with Crippen molar-refractivity contribution in [1.82, 2.24) is 4.57 Å². The predicted molar refractivity (Wildman–Crippen MR) is 73.0 cm³/mol. The molecule has 0 atom stereocenters. The van der Waals surface area contributed by atoms with Gasteiger partial charge in [-0.05, 0) is 49.1 Å². The summed E-state index contributed by atoms with van der Waals surface area (Å²) in [4.78, 5) is 10.9. The first kappa shape index (κ1) is 12.7. The number of aromatic nitrogens is 1. The van der Waals surface area contributed by atoms with Gasteiger partial charge in [0.15, 0.2) is 0 Å². The van der Waals surface area contributed by atoms with Crippen molar-refractivity contribution < 1.29 is 9.90 Å². The zero-order chi connectivity index (χ0) is 13.3. The smallest absolute Gasteiger partial charge is 0.307 e. The van der Waals surface area contributed by atoms with E-state index in [-0.39, 0.29) is 6.42 Å². The van der Waals surface area contributed by atoms with Crippen molar-refractivity contribution in [3.8, 4) is 0 Å². The molecule has 0 radical (unpaired) electrons. The van der Waals surface area contributed by atoms with Crippen LogP contribution < -0.4 is 0 Å². The minimum absolute atomic E-state index is 0.0930. The average molecular weight is 245 g/mol. The SMILES string of the molecule is CCCn1cc(CC(=O)O)c2cc(C)c(C)cc21. The van der Waals surface area contributed by atoms with Crippen LogP contribution in [0.4, 0.5) is 0 Å². The van der Waals surface area contributed by atoms with Gasteiger partial charge in [0.2, 0.25) is 0 Å². The Morgan fingerprint density at radius 2 is 1.94 bits per heavy atom. The fraction of sp³-hybridized carbons (Fsp3) is 0.400. The Labute approximate surface area is 107 Å². The molecule has 18 heavy (non-hydrogen) atoms. The van der Waals surface area contributed by atoms with Crippen molar-refractivity contribution in [3.63, 3.8) is 0 Å². The molecule has 0 saturated heterocycles. The van der Waals surface area contributed by atoms with E-state index < -0.39 is 5.97 Å². The highest BCUT2D eigenvalue weighted by molar-refractivity contribution is 5.88. The number of nitrogens with zero attached hydrogens (tertiary/aromatic N) is 1. The fourth-order valence-corrected chi connectivity index (χ4v) is 2.35. The normalized spacial score (nSPS) is 11.1. The molecule has 1 aromatic carbocycles. The number of carboxylic acids is 1. The molecule has 0 aliphatic rings. The van der Waals surface area contributed by atoms with Crippen molar-refractivity contribution >= 4 is 16.9 Å². The lowest BCUT2D eigenvalue weighted by Crippen LogP contribution is -1.99. The summed E-state index contributed by atoms with van der Waals surface area (Å²) in [6, 6.07) is 4.26. The second kappa shape index (κ2) is 4.84.